The second-order valence-corrected chi connectivity index (χ2v) is 5.08. The number of hydrogen-bond donors (Lipinski definition) is 0. The lowest BCUT2D eigenvalue weighted by Gasteiger charge is -2.04. The predicted molar refractivity (Wildman–Crippen MR) is 79.9 cm³/mol. The van der Waals surface area contributed by atoms with Crippen LogP contribution >= 0.6 is 0 Å². The Morgan fingerprint density at radius 3 is 2.77 bits per heavy atom. The molecular weight excluding hydrogens is 283 g/mol. The highest BCUT2D eigenvalue weighted by molar-refractivity contribution is 5.53. The van der Waals surface area contributed by atoms with E-state index in [4.69, 9.17) is 9.26 Å². The van der Waals surface area contributed by atoms with E-state index in [1.165, 1.54) is 6.07 Å². The van der Waals surface area contributed by atoms with Crippen molar-refractivity contribution in [1.29, 1.82) is 0 Å². The standard InChI is InChI=1S/C17H15FN2O2/c1-11-4-3-5-13(8-11)17-19-16(20-22-17)10-21-14-6-7-15(18)12(2)9-14/h3-9H,10H2,1-2H3. The third-order valence-corrected chi connectivity index (χ3v) is 3.23. The number of benzene rings is 2. The molecule has 0 aliphatic heterocycles. The predicted octanol–water partition coefficient (Wildman–Crippen LogP) is 4.07. The van der Waals surface area contributed by atoms with Gasteiger partial charge in [-0.1, -0.05) is 22.9 Å². The molecule has 0 N–H and O–H groups in total. The van der Waals surface area contributed by atoms with Crippen molar-refractivity contribution in [3.8, 4) is 17.2 Å². The maximum Gasteiger partial charge on any atom is 0.258 e. The minimum atomic E-state index is -0.256. The molecule has 0 aliphatic rings. The third-order valence-electron chi connectivity index (χ3n) is 3.23. The highest BCUT2D eigenvalue weighted by Crippen LogP contribution is 2.20. The smallest absolute Gasteiger partial charge is 0.258 e. The van der Waals surface area contributed by atoms with Crippen LogP contribution in [0.25, 0.3) is 11.5 Å². The summed E-state index contributed by atoms with van der Waals surface area (Å²) in [6, 6.07) is 12.4. The lowest BCUT2D eigenvalue weighted by molar-refractivity contribution is 0.286. The Morgan fingerprint density at radius 1 is 1.14 bits per heavy atom. The number of halogens is 1. The average Bonchev–Trinajstić information content (AvgIpc) is 2.97. The summed E-state index contributed by atoms with van der Waals surface area (Å²) < 4.78 is 24.0. The Kier molecular flexibility index (Phi) is 3.87. The lowest BCUT2D eigenvalue weighted by atomic mass is 10.1. The van der Waals surface area contributed by atoms with Gasteiger partial charge in [0.25, 0.3) is 5.89 Å². The number of rotatable bonds is 4. The van der Waals surface area contributed by atoms with E-state index in [1.54, 1.807) is 19.1 Å². The van der Waals surface area contributed by atoms with Crippen molar-refractivity contribution < 1.29 is 13.7 Å². The highest BCUT2D eigenvalue weighted by atomic mass is 19.1. The lowest BCUT2D eigenvalue weighted by Crippen LogP contribution is -1.98. The van der Waals surface area contributed by atoms with Gasteiger partial charge in [-0.3, -0.25) is 0 Å². The highest BCUT2D eigenvalue weighted by Gasteiger charge is 2.09. The maximum atomic E-state index is 13.2. The topological polar surface area (TPSA) is 48.2 Å². The maximum absolute atomic E-state index is 13.2. The van der Waals surface area contributed by atoms with E-state index in [2.05, 4.69) is 10.1 Å². The Morgan fingerprint density at radius 2 is 2.00 bits per heavy atom. The number of hydrogen-bond acceptors (Lipinski definition) is 4. The van der Waals surface area contributed by atoms with Crippen molar-refractivity contribution >= 4 is 0 Å². The van der Waals surface area contributed by atoms with Crippen molar-refractivity contribution in [1.82, 2.24) is 10.1 Å². The normalized spacial score (nSPS) is 10.7. The Balaban J connectivity index is 1.70. The summed E-state index contributed by atoms with van der Waals surface area (Å²) in [6.07, 6.45) is 0. The van der Waals surface area contributed by atoms with Crippen molar-refractivity contribution in [3.05, 3.63) is 65.2 Å². The fourth-order valence-corrected chi connectivity index (χ4v) is 2.06. The summed E-state index contributed by atoms with van der Waals surface area (Å²) >= 11 is 0. The van der Waals surface area contributed by atoms with E-state index < -0.39 is 0 Å². The van der Waals surface area contributed by atoms with Gasteiger partial charge < -0.3 is 9.26 Å². The van der Waals surface area contributed by atoms with Crippen LogP contribution in [0.3, 0.4) is 0 Å². The fourth-order valence-electron chi connectivity index (χ4n) is 2.06. The number of nitrogens with zero attached hydrogens (tertiary/aromatic N) is 2. The van der Waals surface area contributed by atoms with Gasteiger partial charge in [0, 0.05) is 5.56 Å². The molecule has 0 saturated heterocycles. The SMILES string of the molecule is Cc1cccc(-c2nc(COc3ccc(F)c(C)c3)no2)c1. The molecule has 0 unspecified atom stereocenters. The van der Waals surface area contributed by atoms with Crippen LogP contribution in [0.15, 0.2) is 47.0 Å². The summed E-state index contributed by atoms with van der Waals surface area (Å²) in [7, 11) is 0. The van der Waals surface area contributed by atoms with Crippen LogP contribution in [-0.2, 0) is 6.61 Å². The van der Waals surface area contributed by atoms with Gasteiger partial charge in [0.1, 0.15) is 11.6 Å². The molecule has 1 aromatic heterocycles. The van der Waals surface area contributed by atoms with E-state index in [9.17, 15) is 4.39 Å². The van der Waals surface area contributed by atoms with Gasteiger partial charge in [0.15, 0.2) is 6.61 Å². The molecule has 22 heavy (non-hydrogen) atoms. The van der Waals surface area contributed by atoms with Crippen molar-refractivity contribution in [2.45, 2.75) is 20.5 Å². The summed E-state index contributed by atoms with van der Waals surface area (Å²) in [5.41, 5.74) is 2.53. The molecule has 0 aliphatic carbocycles. The Bertz CT molecular complexity index is 799. The van der Waals surface area contributed by atoms with Gasteiger partial charge in [-0.05, 0) is 49.7 Å². The molecule has 3 aromatic rings. The van der Waals surface area contributed by atoms with Gasteiger partial charge in [0.2, 0.25) is 5.82 Å². The van der Waals surface area contributed by atoms with E-state index >= 15 is 0 Å². The van der Waals surface area contributed by atoms with E-state index in [-0.39, 0.29) is 12.4 Å². The van der Waals surface area contributed by atoms with Crippen molar-refractivity contribution in [2.24, 2.45) is 0 Å². The average molecular weight is 298 g/mol. The van der Waals surface area contributed by atoms with Crippen LogP contribution in [0.4, 0.5) is 4.39 Å². The van der Waals surface area contributed by atoms with E-state index in [0.29, 0.717) is 23.0 Å². The van der Waals surface area contributed by atoms with Crippen LogP contribution in [-0.4, -0.2) is 10.1 Å². The van der Waals surface area contributed by atoms with Gasteiger partial charge in [0.05, 0.1) is 0 Å². The first-order chi connectivity index (χ1) is 10.6. The monoisotopic (exact) mass is 298 g/mol. The second-order valence-electron chi connectivity index (χ2n) is 5.08. The van der Waals surface area contributed by atoms with Crippen molar-refractivity contribution in [3.63, 3.8) is 0 Å². The van der Waals surface area contributed by atoms with E-state index in [0.717, 1.165) is 11.1 Å². The van der Waals surface area contributed by atoms with Gasteiger partial charge in [-0.2, -0.15) is 4.98 Å². The summed E-state index contributed by atoms with van der Waals surface area (Å²) in [6.45, 7) is 3.85. The minimum absolute atomic E-state index is 0.167. The van der Waals surface area contributed by atoms with Crippen LogP contribution in [0.5, 0.6) is 5.75 Å². The molecule has 0 bridgehead atoms. The molecule has 4 nitrogen and oxygen atoms in total. The molecule has 0 radical (unpaired) electrons. The van der Waals surface area contributed by atoms with Gasteiger partial charge in [-0.25, -0.2) is 4.39 Å². The zero-order valence-corrected chi connectivity index (χ0v) is 12.3. The molecule has 5 heteroatoms. The molecule has 112 valence electrons. The fraction of sp³-hybridized carbons (Fsp3) is 0.176. The summed E-state index contributed by atoms with van der Waals surface area (Å²) in [5, 5.41) is 3.89. The summed E-state index contributed by atoms with van der Waals surface area (Å²) in [4.78, 5) is 4.30. The zero-order chi connectivity index (χ0) is 15.5. The van der Waals surface area contributed by atoms with Crippen LogP contribution in [0.2, 0.25) is 0 Å². The van der Waals surface area contributed by atoms with Crippen LogP contribution in [0, 0.1) is 19.7 Å². The molecule has 0 saturated carbocycles. The van der Waals surface area contributed by atoms with Gasteiger partial charge >= 0.3 is 0 Å². The number of aromatic nitrogens is 2. The zero-order valence-electron chi connectivity index (χ0n) is 12.3. The number of aryl methyl sites for hydroxylation is 2. The summed E-state index contributed by atoms with van der Waals surface area (Å²) in [5.74, 6) is 1.21. The molecule has 1 heterocycles. The molecule has 2 aromatic carbocycles. The van der Waals surface area contributed by atoms with E-state index in [1.807, 2.05) is 31.2 Å². The van der Waals surface area contributed by atoms with Crippen LogP contribution in [0.1, 0.15) is 17.0 Å². The Labute approximate surface area is 127 Å². The largest absolute Gasteiger partial charge is 0.485 e. The van der Waals surface area contributed by atoms with Gasteiger partial charge in [-0.15, -0.1) is 0 Å². The molecule has 0 amide bonds. The van der Waals surface area contributed by atoms with Crippen molar-refractivity contribution in [2.75, 3.05) is 0 Å². The first-order valence-corrected chi connectivity index (χ1v) is 6.90. The van der Waals surface area contributed by atoms with Crippen LogP contribution < -0.4 is 4.74 Å². The molecule has 0 spiro atoms. The molecule has 0 atom stereocenters. The second kappa shape index (κ2) is 5.97. The minimum Gasteiger partial charge on any atom is -0.485 e. The molecule has 3 rings (SSSR count). The number of ether oxygens (including phenoxy) is 1. The quantitative estimate of drug-likeness (QED) is 0.728. The Hall–Kier alpha value is -2.69. The third kappa shape index (κ3) is 3.14. The molecule has 0 fully saturated rings. The molecular formula is C17H15FN2O2. The first-order valence-electron chi connectivity index (χ1n) is 6.90. The first kappa shape index (κ1) is 14.3.